The van der Waals surface area contributed by atoms with Gasteiger partial charge in [0, 0.05) is 12.8 Å². The first-order chi connectivity index (χ1) is 32.5. The molecule has 9 atom stereocenters. The predicted molar refractivity (Wildman–Crippen MR) is 261 cm³/mol. The molecule has 0 aliphatic heterocycles. The van der Waals surface area contributed by atoms with Crippen LogP contribution in [0, 0.1) is 0 Å². The zero-order valence-electron chi connectivity index (χ0n) is 40.1. The Bertz CT molecular complexity index is 1650. The van der Waals surface area contributed by atoms with E-state index in [1.165, 1.54) is 38.5 Å². The van der Waals surface area contributed by atoms with Gasteiger partial charge in [-0.1, -0.05) is 150 Å². The third-order valence-corrected chi connectivity index (χ3v) is 12.1. The maximum Gasteiger partial charge on any atom is 0.472 e. The Kier molecular flexibility index (Phi) is 36.1. The molecule has 0 bridgehead atoms. The number of ether oxygens (including phenoxy) is 2. The highest BCUT2D eigenvalue weighted by molar-refractivity contribution is 7.47. The Labute approximate surface area is 404 Å². The molecule has 19 heteroatoms. The summed E-state index contributed by atoms with van der Waals surface area (Å²) in [5, 5.41) is 51.3. The van der Waals surface area contributed by atoms with Crippen molar-refractivity contribution in [3.8, 4) is 0 Å². The van der Waals surface area contributed by atoms with Crippen LogP contribution in [-0.2, 0) is 41.8 Å². The summed E-state index contributed by atoms with van der Waals surface area (Å²) in [5.41, 5.74) is 0. The molecule has 8 N–H and O–H groups in total. The monoisotopic (exact) mass is 1000 g/mol. The summed E-state index contributed by atoms with van der Waals surface area (Å²) in [6, 6.07) is 0. The number of carbonyl (C=O) groups excluding carboxylic acids is 2. The summed E-state index contributed by atoms with van der Waals surface area (Å²) >= 11 is 0. The van der Waals surface area contributed by atoms with Crippen LogP contribution >= 0.6 is 15.6 Å². The van der Waals surface area contributed by atoms with Crippen LogP contribution in [0.15, 0.2) is 85.1 Å². The third kappa shape index (κ3) is 32.9. The lowest BCUT2D eigenvalue weighted by Gasteiger charge is -2.43. The molecular formula is C49H82O17P2. The van der Waals surface area contributed by atoms with Crippen molar-refractivity contribution < 1.29 is 82.0 Å². The molecule has 1 saturated carbocycles. The summed E-state index contributed by atoms with van der Waals surface area (Å²) in [4.78, 5) is 54.3. The van der Waals surface area contributed by atoms with Crippen molar-refractivity contribution in [3.63, 3.8) is 0 Å². The number of phosphoric ester groups is 2. The van der Waals surface area contributed by atoms with Gasteiger partial charge in [0.05, 0.1) is 12.7 Å². The number of unbranched alkanes of at least 4 members (excludes halogenated alkanes) is 11. The molecule has 1 fully saturated rings. The van der Waals surface area contributed by atoms with E-state index in [0.29, 0.717) is 25.7 Å². The van der Waals surface area contributed by atoms with Gasteiger partial charge in [0.2, 0.25) is 0 Å². The van der Waals surface area contributed by atoms with Gasteiger partial charge in [-0.3, -0.25) is 23.2 Å². The minimum atomic E-state index is -5.38. The Morgan fingerprint density at radius 3 is 1.74 bits per heavy atom. The molecular weight excluding hydrogens is 922 g/mol. The molecule has 0 saturated heterocycles. The fourth-order valence-electron chi connectivity index (χ4n) is 6.78. The lowest BCUT2D eigenvalue weighted by atomic mass is 9.85. The van der Waals surface area contributed by atoms with Crippen LogP contribution in [0.5, 0.6) is 0 Å². The second kappa shape index (κ2) is 38.8. The van der Waals surface area contributed by atoms with Gasteiger partial charge in [0.1, 0.15) is 43.2 Å². The van der Waals surface area contributed by atoms with Crippen molar-refractivity contribution in [1.82, 2.24) is 0 Å². The van der Waals surface area contributed by atoms with Gasteiger partial charge >= 0.3 is 27.6 Å². The average Bonchev–Trinajstić information content (AvgIpc) is 3.29. The van der Waals surface area contributed by atoms with Crippen LogP contribution in [0.2, 0.25) is 0 Å². The molecule has 0 aromatic carbocycles. The van der Waals surface area contributed by atoms with Crippen molar-refractivity contribution in [2.45, 2.75) is 198 Å². The Morgan fingerprint density at radius 1 is 0.559 bits per heavy atom. The molecule has 1 aliphatic rings. The first-order valence-corrected chi connectivity index (χ1v) is 27.3. The van der Waals surface area contributed by atoms with Crippen LogP contribution in [0.1, 0.15) is 149 Å². The average molecular weight is 1010 g/mol. The Morgan fingerprint density at radius 2 is 1.10 bits per heavy atom. The van der Waals surface area contributed by atoms with Gasteiger partial charge in [0.25, 0.3) is 0 Å². The highest BCUT2D eigenvalue weighted by Gasteiger charge is 2.54. The van der Waals surface area contributed by atoms with Gasteiger partial charge in [-0.2, -0.15) is 0 Å². The van der Waals surface area contributed by atoms with E-state index in [9.17, 15) is 58.9 Å². The van der Waals surface area contributed by atoms with Crippen LogP contribution in [0.4, 0.5) is 0 Å². The lowest BCUT2D eigenvalue weighted by molar-refractivity contribution is -0.216. The minimum absolute atomic E-state index is 0.0806. The number of carbonyl (C=O) groups is 2. The molecule has 1 aliphatic carbocycles. The fourth-order valence-corrected chi connectivity index (χ4v) is 8.32. The van der Waals surface area contributed by atoms with Gasteiger partial charge in [0.15, 0.2) is 6.10 Å². The quantitative estimate of drug-likeness (QED) is 0.00944. The predicted octanol–water partition coefficient (Wildman–Crippen LogP) is 8.36. The fraction of sp³-hybridized carbons (Fsp3) is 0.673. The highest BCUT2D eigenvalue weighted by atomic mass is 31.2. The zero-order chi connectivity index (χ0) is 50.5. The SMILES string of the molecule is CC/C=C\C/C=C\CC(O)/C=C/C=C\C/C=C\C/C=C\CCC(=O)O[C@H](COC(=O)CCCCCCC/C=C\CCCCCCCC)COP(=O)(O)O[C@H]1C(O)C(O)C(O)[C@@H](OP(=O)(O)O)C1O. The van der Waals surface area contributed by atoms with Crippen LogP contribution in [0.25, 0.3) is 0 Å². The number of hydrogen-bond donors (Lipinski definition) is 8. The number of allylic oxidation sites excluding steroid dienone is 12. The van der Waals surface area contributed by atoms with E-state index in [4.69, 9.17) is 18.5 Å². The molecule has 1 rings (SSSR count). The molecule has 0 aromatic rings. The minimum Gasteiger partial charge on any atom is -0.462 e. The summed E-state index contributed by atoms with van der Waals surface area (Å²) in [6.07, 6.45) is 30.0. The van der Waals surface area contributed by atoms with Crippen molar-refractivity contribution in [1.29, 1.82) is 0 Å². The van der Waals surface area contributed by atoms with E-state index in [-0.39, 0.29) is 19.3 Å². The summed E-state index contributed by atoms with van der Waals surface area (Å²) < 4.78 is 49.3. The number of hydrogen-bond acceptors (Lipinski definition) is 14. The normalized spacial score (nSPS) is 22.4. The molecule has 0 amide bonds. The summed E-state index contributed by atoms with van der Waals surface area (Å²) in [6.45, 7) is 2.85. The molecule has 17 nitrogen and oxygen atoms in total. The first-order valence-electron chi connectivity index (χ1n) is 24.2. The topological polar surface area (TPSA) is 276 Å². The zero-order valence-corrected chi connectivity index (χ0v) is 41.9. The highest BCUT2D eigenvalue weighted by Crippen LogP contribution is 2.49. The van der Waals surface area contributed by atoms with Crippen molar-refractivity contribution in [2.24, 2.45) is 0 Å². The number of phosphoric acid groups is 2. The maximum atomic E-state index is 13.0. The number of esters is 2. The van der Waals surface area contributed by atoms with Gasteiger partial charge in [-0.05, 0) is 70.6 Å². The second-order valence-corrected chi connectivity index (χ2v) is 19.2. The molecule has 390 valence electrons. The molecule has 0 spiro atoms. The lowest BCUT2D eigenvalue weighted by Crippen LogP contribution is -2.64. The third-order valence-electron chi connectivity index (χ3n) is 10.5. The number of aliphatic hydroxyl groups excluding tert-OH is 5. The van der Waals surface area contributed by atoms with Crippen LogP contribution in [0.3, 0.4) is 0 Å². The second-order valence-electron chi connectivity index (χ2n) is 16.6. The van der Waals surface area contributed by atoms with E-state index < -0.39 is 89.6 Å². The Balaban J connectivity index is 2.67. The van der Waals surface area contributed by atoms with Gasteiger partial charge in [-0.15, -0.1) is 0 Å². The van der Waals surface area contributed by atoms with E-state index >= 15 is 0 Å². The molecule has 0 aromatic heterocycles. The van der Waals surface area contributed by atoms with Crippen molar-refractivity contribution >= 4 is 27.6 Å². The molecule has 0 radical (unpaired) electrons. The maximum absolute atomic E-state index is 13.0. The standard InChI is InChI=1S/C49H82O17P2/c1-3-5-7-9-11-12-13-14-15-16-17-21-24-28-32-36-42(51)62-38-41(39-63-68(60,61)66-49-46(55)44(53)45(54)48(47(49)56)65-67(57,58)59)64-43(52)37-33-29-25-22-19-18-20-23-27-31-35-40(50)34-30-26-10-8-6-4-2/h6,8,14-15,18-19,23,25-27,29-31,35,40-41,44-50,53-56H,3-5,7,9-13,16-17,20-22,24,28,32-34,36-39H2,1-2H3,(H,60,61)(H2,57,58,59)/b8-6-,15-14-,19-18-,27-23-,29-25-,30-26-,35-31+/t40?,41-,44?,45?,46?,47?,48-,49+/m1/s1. The molecule has 0 heterocycles. The van der Waals surface area contributed by atoms with Crippen molar-refractivity contribution in [2.75, 3.05) is 13.2 Å². The first kappa shape index (κ1) is 63.2. The van der Waals surface area contributed by atoms with Crippen LogP contribution < -0.4 is 0 Å². The van der Waals surface area contributed by atoms with Crippen LogP contribution in [-0.4, -0.2) is 114 Å². The van der Waals surface area contributed by atoms with Gasteiger partial charge in [-0.25, -0.2) is 9.13 Å². The number of aliphatic hydroxyl groups is 5. The number of rotatable bonds is 39. The largest absolute Gasteiger partial charge is 0.472 e. The molecule has 6 unspecified atom stereocenters. The van der Waals surface area contributed by atoms with Gasteiger partial charge < -0.3 is 49.7 Å². The van der Waals surface area contributed by atoms with E-state index in [0.717, 1.165) is 51.4 Å². The van der Waals surface area contributed by atoms with E-state index in [1.54, 1.807) is 18.2 Å². The van der Waals surface area contributed by atoms with Crippen molar-refractivity contribution in [3.05, 3.63) is 85.1 Å². The summed E-state index contributed by atoms with van der Waals surface area (Å²) in [5.74, 6) is -1.35. The van der Waals surface area contributed by atoms with E-state index in [2.05, 4.69) is 42.7 Å². The molecule has 68 heavy (non-hydrogen) atoms. The van der Waals surface area contributed by atoms with E-state index in [1.807, 2.05) is 42.5 Å². The smallest absolute Gasteiger partial charge is 0.462 e. The Hall–Kier alpha value is -2.86. The summed E-state index contributed by atoms with van der Waals surface area (Å²) in [7, 11) is -10.7.